The van der Waals surface area contributed by atoms with Gasteiger partial charge in [-0.25, -0.2) is 0 Å². The second kappa shape index (κ2) is 6.20. The van der Waals surface area contributed by atoms with Gasteiger partial charge in [-0.1, -0.05) is 19.9 Å². The van der Waals surface area contributed by atoms with E-state index in [0.29, 0.717) is 0 Å². The predicted molar refractivity (Wildman–Crippen MR) is 69.3 cm³/mol. The number of rotatable bonds is 7. The minimum Gasteiger partial charge on any atom is -0.384 e. The molecule has 0 saturated carbocycles. The van der Waals surface area contributed by atoms with Crippen LogP contribution in [0.5, 0.6) is 0 Å². The Hall–Kier alpha value is -1.45. The quantitative estimate of drug-likeness (QED) is 0.695. The maximum Gasteiger partial charge on any atom is 0.124 e. The molecule has 0 saturated heterocycles. The third-order valence-electron chi connectivity index (χ3n) is 2.42. The minimum atomic E-state index is 0.869. The van der Waals surface area contributed by atoms with Crippen LogP contribution in [0.4, 0.5) is 5.82 Å². The Balaban J connectivity index is 2.62. The zero-order chi connectivity index (χ0) is 12.0. The normalized spacial score (nSPS) is 10.2. The maximum absolute atomic E-state index is 4.40. The van der Waals surface area contributed by atoms with Crippen molar-refractivity contribution in [2.75, 3.05) is 18.4 Å². The van der Waals surface area contributed by atoms with E-state index < -0.39 is 0 Å². The Labute approximate surface area is 97.7 Å². The Kier molecular flexibility index (Phi) is 4.89. The van der Waals surface area contributed by atoms with E-state index in [1.54, 1.807) is 0 Å². The molecule has 0 atom stereocenters. The zero-order valence-electron chi connectivity index (χ0n) is 10.5. The first-order valence-corrected chi connectivity index (χ1v) is 5.90. The monoisotopic (exact) mass is 222 g/mol. The van der Waals surface area contributed by atoms with Gasteiger partial charge in [-0.2, -0.15) is 5.10 Å². The van der Waals surface area contributed by atoms with Crippen LogP contribution in [-0.2, 0) is 7.05 Å². The Morgan fingerprint density at radius 3 is 2.88 bits per heavy atom. The number of aromatic nitrogens is 2. The third kappa shape index (κ3) is 3.29. The summed E-state index contributed by atoms with van der Waals surface area (Å²) in [7, 11) is 1.94. The van der Waals surface area contributed by atoms with Crippen LogP contribution in [-0.4, -0.2) is 22.9 Å². The highest BCUT2D eigenvalue weighted by molar-refractivity contribution is 5.61. The van der Waals surface area contributed by atoms with Crippen LogP contribution in [0.2, 0.25) is 0 Å². The molecule has 0 aliphatic heterocycles. The van der Waals surface area contributed by atoms with Crippen molar-refractivity contribution in [1.82, 2.24) is 15.1 Å². The molecule has 0 aliphatic carbocycles. The standard InChI is InChI=1S/C12H22N4/c1-5-7-8-14-12-9-11(15-16(12)4)10(3)13-6-2/h9,13-14H,3,5-8H2,1-2,4H3. The van der Waals surface area contributed by atoms with Crippen molar-refractivity contribution >= 4 is 11.5 Å². The van der Waals surface area contributed by atoms with E-state index in [-0.39, 0.29) is 0 Å². The highest BCUT2D eigenvalue weighted by Gasteiger charge is 2.06. The topological polar surface area (TPSA) is 41.9 Å². The lowest BCUT2D eigenvalue weighted by atomic mass is 10.3. The van der Waals surface area contributed by atoms with E-state index in [9.17, 15) is 0 Å². The molecule has 0 bridgehead atoms. The van der Waals surface area contributed by atoms with Gasteiger partial charge >= 0.3 is 0 Å². The van der Waals surface area contributed by atoms with Gasteiger partial charge in [0.1, 0.15) is 11.5 Å². The average Bonchev–Trinajstić information content (AvgIpc) is 2.61. The van der Waals surface area contributed by atoms with Crippen LogP contribution in [0, 0.1) is 0 Å². The molecule has 0 spiro atoms. The number of nitrogens with zero attached hydrogens (tertiary/aromatic N) is 2. The second-order valence-electron chi connectivity index (χ2n) is 3.83. The summed E-state index contributed by atoms with van der Waals surface area (Å²) in [4.78, 5) is 0. The van der Waals surface area contributed by atoms with Gasteiger partial charge in [0.25, 0.3) is 0 Å². The fourth-order valence-corrected chi connectivity index (χ4v) is 1.48. The van der Waals surface area contributed by atoms with Gasteiger partial charge in [-0.05, 0) is 13.3 Å². The van der Waals surface area contributed by atoms with Crippen LogP contribution in [0.1, 0.15) is 32.4 Å². The first-order valence-electron chi connectivity index (χ1n) is 5.90. The molecule has 4 heteroatoms. The van der Waals surface area contributed by atoms with Crippen LogP contribution in [0.3, 0.4) is 0 Å². The van der Waals surface area contributed by atoms with E-state index in [1.165, 1.54) is 12.8 Å². The van der Waals surface area contributed by atoms with Gasteiger partial charge in [-0.15, -0.1) is 0 Å². The summed E-state index contributed by atoms with van der Waals surface area (Å²) in [6.45, 7) is 10.0. The largest absolute Gasteiger partial charge is 0.384 e. The molecule has 0 fully saturated rings. The molecule has 1 heterocycles. The number of anilines is 1. The van der Waals surface area contributed by atoms with Crippen molar-refractivity contribution in [3.63, 3.8) is 0 Å². The van der Waals surface area contributed by atoms with Crippen LogP contribution in [0.25, 0.3) is 5.70 Å². The van der Waals surface area contributed by atoms with Crippen molar-refractivity contribution in [3.05, 3.63) is 18.3 Å². The zero-order valence-corrected chi connectivity index (χ0v) is 10.5. The summed E-state index contributed by atoms with van der Waals surface area (Å²) in [5, 5.41) is 10.9. The molecule has 0 aliphatic rings. The Morgan fingerprint density at radius 1 is 1.50 bits per heavy atom. The smallest absolute Gasteiger partial charge is 0.124 e. The Morgan fingerprint density at radius 2 is 2.25 bits per heavy atom. The molecule has 1 aromatic rings. The van der Waals surface area contributed by atoms with Crippen molar-refractivity contribution in [3.8, 4) is 0 Å². The van der Waals surface area contributed by atoms with Crippen molar-refractivity contribution in [2.45, 2.75) is 26.7 Å². The van der Waals surface area contributed by atoms with Gasteiger partial charge in [0, 0.05) is 26.2 Å². The van der Waals surface area contributed by atoms with Gasteiger partial charge in [0.2, 0.25) is 0 Å². The summed E-state index contributed by atoms with van der Waals surface area (Å²) in [5.74, 6) is 1.04. The third-order valence-corrected chi connectivity index (χ3v) is 2.42. The molecule has 0 radical (unpaired) electrons. The fraction of sp³-hybridized carbons (Fsp3) is 0.583. The van der Waals surface area contributed by atoms with Gasteiger partial charge in [-0.3, -0.25) is 4.68 Å². The molecule has 16 heavy (non-hydrogen) atoms. The highest BCUT2D eigenvalue weighted by Crippen LogP contribution is 2.14. The molecule has 2 N–H and O–H groups in total. The lowest BCUT2D eigenvalue weighted by Crippen LogP contribution is -2.10. The molecular formula is C12H22N4. The van der Waals surface area contributed by atoms with Gasteiger partial charge in [0.15, 0.2) is 0 Å². The van der Waals surface area contributed by atoms with Crippen LogP contribution in [0.15, 0.2) is 12.6 Å². The number of aryl methyl sites for hydroxylation is 1. The molecule has 0 amide bonds. The summed E-state index contributed by atoms with van der Waals surface area (Å²) in [6, 6.07) is 2.03. The average molecular weight is 222 g/mol. The van der Waals surface area contributed by atoms with Gasteiger partial charge in [0.05, 0.1) is 5.70 Å². The van der Waals surface area contributed by atoms with Crippen molar-refractivity contribution in [2.24, 2.45) is 7.05 Å². The van der Waals surface area contributed by atoms with Crippen LogP contribution >= 0.6 is 0 Å². The van der Waals surface area contributed by atoms with E-state index in [1.807, 2.05) is 17.8 Å². The maximum atomic E-state index is 4.40. The lowest BCUT2D eigenvalue weighted by molar-refractivity contribution is 0.750. The van der Waals surface area contributed by atoms with E-state index >= 15 is 0 Å². The Bertz CT molecular complexity index is 341. The summed E-state index contributed by atoms with van der Waals surface area (Å²) < 4.78 is 1.85. The fourth-order valence-electron chi connectivity index (χ4n) is 1.48. The predicted octanol–water partition coefficient (Wildman–Crippen LogP) is 2.21. The second-order valence-corrected chi connectivity index (χ2v) is 3.83. The minimum absolute atomic E-state index is 0.869. The summed E-state index contributed by atoms with van der Waals surface area (Å²) in [6.07, 6.45) is 2.37. The number of nitrogens with one attached hydrogen (secondary N) is 2. The molecule has 1 aromatic heterocycles. The summed E-state index contributed by atoms with van der Waals surface area (Å²) in [5.41, 5.74) is 1.78. The first kappa shape index (κ1) is 12.6. The SMILES string of the molecule is C=C(NCC)c1cc(NCCCC)n(C)n1. The van der Waals surface area contributed by atoms with Crippen LogP contribution < -0.4 is 10.6 Å². The first-order chi connectivity index (χ1) is 7.69. The molecule has 0 aromatic carbocycles. The van der Waals surface area contributed by atoms with Gasteiger partial charge < -0.3 is 10.6 Å². The van der Waals surface area contributed by atoms with E-state index in [4.69, 9.17) is 0 Å². The number of unbranched alkanes of at least 4 members (excludes halogenated alkanes) is 1. The molecule has 0 unspecified atom stereocenters. The van der Waals surface area contributed by atoms with E-state index in [2.05, 4.69) is 36.2 Å². The number of hydrogen-bond donors (Lipinski definition) is 2. The van der Waals surface area contributed by atoms with Crippen molar-refractivity contribution < 1.29 is 0 Å². The molecule has 1 rings (SSSR count). The molecule has 90 valence electrons. The van der Waals surface area contributed by atoms with E-state index in [0.717, 1.165) is 30.3 Å². The highest BCUT2D eigenvalue weighted by atomic mass is 15.3. The molecule has 4 nitrogen and oxygen atoms in total. The van der Waals surface area contributed by atoms with Crippen molar-refractivity contribution in [1.29, 1.82) is 0 Å². The summed E-state index contributed by atoms with van der Waals surface area (Å²) >= 11 is 0. The number of hydrogen-bond acceptors (Lipinski definition) is 3. The molecular weight excluding hydrogens is 200 g/mol. The lowest BCUT2D eigenvalue weighted by Gasteiger charge is -2.03.